The third-order valence-corrected chi connectivity index (χ3v) is 3.21. The predicted molar refractivity (Wildman–Crippen MR) is 59.0 cm³/mol. The van der Waals surface area contributed by atoms with Crippen LogP contribution in [0.3, 0.4) is 0 Å². The average molecular weight is 223 g/mol. The van der Waals surface area contributed by atoms with Gasteiger partial charge in [-0.05, 0) is 19.3 Å². The Morgan fingerprint density at radius 2 is 2.44 bits per heavy atom. The third-order valence-electron chi connectivity index (χ3n) is 3.21. The van der Waals surface area contributed by atoms with Crippen LogP contribution >= 0.6 is 0 Å². The van der Waals surface area contributed by atoms with Crippen molar-refractivity contribution in [2.75, 3.05) is 13.1 Å². The molecule has 2 rings (SSSR count). The molecule has 5 nitrogen and oxygen atoms in total. The molecule has 1 aromatic rings. The van der Waals surface area contributed by atoms with Crippen LogP contribution in [0.1, 0.15) is 29.4 Å². The van der Waals surface area contributed by atoms with E-state index >= 15 is 0 Å². The zero-order valence-electron chi connectivity index (χ0n) is 9.60. The molecule has 0 spiro atoms. The van der Waals surface area contributed by atoms with E-state index in [2.05, 4.69) is 10.2 Å². The molecule has 1 amide bonds. The van der Waals surface area contributed by atoms with E-state index in [1.807, 2.05) is 13.8 Å². The maximum atomic E-state index is 12.1. The van der Waals surface area contributed by atoms with Gasteiger partial charge in [-0.3, -0.25) is 9.89 Å². The van der Waals surface area contributed by atoms with Gasteiger partial charge in [-0.25, -0.2) is 0 Å². The first kappa shape index (κ1) is 11.1. The molecular weight excluding hydrogens is 206 g/mol. The van der Waals surface area contributed by atoms with Gasteiger partial charge in [0.25, 0.3) is 5.91 Å². The summed E-state index contributed by atoms with van der Waals surface area (Å²) in [6, 6.07) is 0. The fraction of sp³-hybridized carbons (Fsp3) is 0.636. The van der Waals surface area contributed by atoms with Crippen molar-refractivity contribution >= 4 is 5.91 Å². The van der Waals surface area contributed by atoms with E-state index in [1.165, 1.54) is 0 Å². The van der Waals surface area contributed by atoms with Crippen LogP contribution in [-0.2, 0) is 0 Å². The SMILES string of the molecule is Cc1[nH]ncc1C(=O)N1CCC(O)C(C)C1. The van der Waals surface area contributed by atoms with Gasteiger partial charge in [-0.15, -0.1) is 0 Å². The number of aromatic amines is 1. The molecule has 1 fully saturated rings. The molecule has 0 bridgehead atoms. The smallest absolute Gasteiger partial charge is 0.257 e. The maximum absolute atomic E-state index is 12.1. The van der Waals surface area contributed by atoms with E-state index in [4.69, 9.17) is 0 Å². The normalized spacial score (nSPS) is 25.8. The van der Waals surface area contributed by atoms with Gasteiger partial charge >= 0.3 is 0 Å². The molecule has 1 aliphatic rings. The molecule has 2 unspecified atom stereocenters. The number of aliphatic hydroxyl groups excluding tert-OH is 1. The Hall–Kier alpha value is -1.36. The number of likely N-dealkylation sites (tertiary alicyclic amines) is 1. The van der Waals surface area contributed by atoms with E-state index in [1.54, 1.807) is 11.1 Å². The van der Waals surface area contributed by atoms with Crippen LogP contribution in [0.4, 0.5) is 0 Å². The second-order valence-corrected chi connectivity index (χ2v) is 4.49. The monoisotopic (exact) mass is 223 g/mol. The molecule has 2 atom stereocenters. The summed E-state index contributed by atoms with van der Waals surface area (Å²) in [6.07, 6.45) is 1.94. The number of hydrogen-bond acceptors (Lipinski definition) is 3. The Labute approximate surface area is 94.5 Å². The number of nitrogens with one attached hydrogen (secondary N) is 1. The Bertz CT molecular complexity index is 388. The van der Waals surface area contributed by atoms with Crippen molar-refractivity contribution in [1.29, 1.82) is 0 Å². The van der Waals surface area contributed by atoms with Gasteiger partial charge in [0, 0.05) is 18.8 Å². The second kappa shape index (κ2) is 4.25. The van der Waals surface area contributed by atoms with Crippen molar-refractivity contribution < 1.29 is 9.90 Å². The number of aliphatic hydroxyl groups is 1. The summed E-state index contributed by atoms with van der Waals surface area (Å²) in [6.45, 7) is 5.04. The Morgan fingerprint density at radius 1 is 1.69 bits per heavy atom. The average Bonchev–Trinajstić information content (AvgIpc) is 2.67. The summed E-state index contributed by atoms with van der Waals surface area (Å²) < 4.78 is 0. The van der Waals surface area contributed by atoms with Crippen LogP contribution in [-0.4, -0.2) is 45.3 Å². The van der Waals surface area contributed by atoms with Crippen molar-refractivity contribution in [3.63, 3.8) is 0 Å². The van der Waals surface area contributed by atoms with Crippen molar-refractivity contribution in [3.8, 4) is 0 Å². The molecule has 1 aromatic heterocycles. The zero-order chi connectivity index (χ0) is 11.7. The van der Waals surface area contributed by atoms with Gasteiger partial charge in [-0.2, -0.15) is 5.10 Å². The summed E-state index contributed by atoms with van der Waals surface area (Å²) in [7, 11) is 0. The lowest BCUT2D eigenvalue weighted by Gasteiger charge is -2.34. The van der Waals surface area contributed by atoms with Crippen LogP contribution < -0.4 is 0 Å². The molecular formula is C11H17N3O2. The minimum Gasteiger partial charge on any atom is -0.393 e. The number of rotatable bonds is 1. The van der Waals surface area contributed by atoms with Gasteiger partial charge in [0.05, 0.1) is 17.9 Å². The summed E-state index contributed by atoms with van der Waals surface area (Å²) in [4.78, 5) is 13.9. The van der Waals surface area contributed by atoms with Gasteiger partial charge in [-0.1, -0.05) is 6.92 Å². The van der Waals surface area contributed by atoms with Crippen molar-refractivity contribution in [1.82, 2.24) is 15.1 Å². The Balaban J connectivity index is 2.09. The highest BCUT2D eigenvalue weighted by Crippen LogP contribution is 2.19. The van der Waals surface area contributed by atoms with E-state index in [0.717, 1.165) is 5.69 Å². The summed E-state index contributed by atoms with van der Waals surface area (Å²) in [5.41, 5.74) is 1.42. The first-order valence-corrected chi connectivity index (χ1v) is 5.57. The summed E-state index contributed by atoms with van der Waals surface area (Å²) in [5.74, 6) is 0.148. The van der Waals surface area contributed by atoms with Crippen molar-refractivity contribution in [3.05, 3.63) is 17.5 Å². The number of aromatic nitrogens is 2. The fourth-order valence-corrected chi connectivity index (χ4v) is 2.05. The lowest BCUT2D eigenvalue weighted by Crippen LogP contribution is -2.45. The van der Waals surface area contributed by atoms with Crippen LogP contribution in [0.25, 0.3) is 0 Å². The molecule has 1 aliphatic heterocycles. The highest BCUT2D eigenvalue weighted by atomic mass is 16.3. The zero-order valence-corrected chi connectivity index (χ0v) is 9.60. The van der Waals surface area contributed by atoms with Gasteiger partial charge < -0.3 is 10.0 Å². The molecule has 88 valence electrons. The number of H-pyrrole nitrogens is 1. The highest BCUT2D eigenvalue weighted by Gasteiger charge is 2.28. The second-order valence-electron chi connectivity index (χ2n) is 4.49. The van der Waals surface area contributed by atoms with Crippen LogP contribution in [0, 0.1) is 12.8 Å². The van der Waals surface area contributed by atoms with E-state index in [0.29, 0.717) is 25.1 Å². The number of hydrogen-bond donors (Lipinski definition) is 2. The first-order chi connectivity index (χ1) is 7.59. The van der Waals surface area contributed by atoms with Crippen LogP contribution in [0.5, 0.6) is 0 Å². The molecule has 0 radical (unpaired) electrons. The number of amides is 1. The molecule has 0 saturated carbocycles. The quantitative estimate of drug-likeness (QED) is 0.731. The number of aryl methyl sites for hydroxylation is 1. The maximum Gasteiger partial charge on any atom is 0.257 e. The van der Waals surface area contributed by atoms with Gasteiger partial charge in [0.1, 0.15) is 0 Å². The Morgan fingerprint density at radius 3 is 3.00 bits per heavy atom. The fourth-order valence-electron chi connectivity index (χ4n) is 2.05. The number of carbonyl (C=O) groups excluding carboxylic acids is 1. The molecule has 5 heteroatoms. The van der Waals surface area contributed by atoms with Crippen molar-refractivity contribution in [2.24, 2.45) is 5.92 Å². The predicted octanol–water partition coefficient (Wildman–Crippen LogP) is 0.561. The first-order valence-electron chi connectivity index (χ1n) is 5.57. The standard InChI is InChI=1S/C11H17N3O2/c1-7-6-14(4-3-10(7)15)11(16)9-5-12-13-8(9)2/h5,7,10,15H,3-4,6H2,1-2H3,(H,12,13). The van der Waals surface area contributed by atoms with Gasteiger partial charge in [0.2, 0.25) is 0 Å². The number of nitrogens with zero attached hydrogens (tertiary/aromatic N) is 2. The van der Waals surface area contributed by atoms with E-state index < -0.39 is 0 Å². The number of carbonyl (C=O) groups is 1. The minimum absolute atomic E-state index is 0.00463. The Kier molecular flexibility index (Phi) is 2.96. The van der Waals surface area contributed by atoms with Crippen LogP contribution in [0.2, 0.25) is 0 Å². The highest BCUT2D eigenvalue weighted by molar-refractivity contribution is 5.95. The van der Waals surface area contributed by atoms with Crippen molar-refractivity contribution in [2.45, 2.75) is 26.4 Å². The van der Waals surface area contributed by atoms with Gasteiger partial charge in [0.15, 0.2) is 0 Å². The molecule has 0 aliphatic carbocycles. The lowest BCUT2D eigenvalue weighted by molar-refractivity contribution is 0.0297. The summed E-state index contributed by atoms with van der Waals surface area (Å²) in [5, 5.41) is 16.2. The topological polar surface area (TPSA) is 69.2 Å². The largest absolute Gasteiger partial charge is 0.393 e. The lowest BCUT2D eigenvalue weighted by atomic mass is 9.96. The van der Waals surface area contributed by atoms with E-state index in [9.17, 15) is 9.90 Å². The third kappa shape index (κ3) is 1.95. The molecule has 2 heterocycles. The molecule has 0 aromatic carbocycles. The number of piperidine rings is 1. The summed E-state index contributed by atoms with van der Waals surface area (Å²) >= 11 is 0. The molecule has 2 N–H and O–H groups in total. The van der Waals surface area contributed by atoms with E-state index in [-0.39, 0.29) is 17.9 Å². The molecule has 1 saturated heterocycles. The molecule has 16 heavy (non-hydrogen) atoms. The van der Waals surface area contributed by atoms with Crippen LogP contribution in [0.15, 0.2) is 6.20 Å². The minimum atomic E-state index is -0.283.